The summed E-state index contributed by atoms with van der Waals surface area (Å²) in [5.74, 6) is 0.849. The van der Waals surface area contributed by atoms with Crippen LogP contribution >= 0.6 is 0 Å². The summed E-state index contributed by atoms with van der Waals surface area (Å²) in [6, 6.07) is 4.17. The quantitative estimate of drug-likeness (QED) is 0.623. The first-order valence-corrected chi connectivity index (χ1v) is 4.47. The van der Waals surface area contributed by atoms with Gasteiger partial charge in [-0.15, -0.1) is 0 Å². The van der Waals surface area contributed by atoms with Crippen molar-refractivity contribution >= 4 is 0 Å². The monoisotopic (exact) mass is 151 g/mol. The molecular weight excluding hydrogens is 134 g/mol. The van der Waals surface area contributed by atoms with Crippen LogP contribution in [0.5, 0.6) is 0 Å². The first-order chi connectivity index (χ1) is 5.36. The number of hydrogen-bond donors (Lipinski definition) is 0. The van der Waals surface area contributed by atoms with Crippen molar-refractivity contribution in [2.24, 2.45) is 5.92 Å². The van der Waals surface area contributed by atoms with Gasteiger partial charge in [-0.1, -0.05) is 26.7 Å². The minimum absolute atomic E-state index is 0.849. The van der Waals surface area contributed by atoms with Crippen molar-refractivity contribution in [2.45, 2.75) is 33.2 Å². The van der Waals surface area contributed by atoms with E-state index in [1.54, 1.807) is 0 Å². The molecule has 0 radical (unpaired) electrons. The predicted molar refractivity (Wildman–Crippen MR) is 48.5 cm³/mol. The van der Waals surface area contributed by atoms with Crippen molar-refractivity contribution in [3.05, 3.63) is 24.5 Å². The van der Waals surface area contributed by atoms with Crippen LogP contribution < -0.4 is 0 Å². The van der Waals surface area contributed by atoms with Gasteiger partial charge in [0.25, 0.3) is 0 Å². The standard InChI is InChI=1S/C10H17N/c1-3-10(4-2)9-11-7-5-6-8-11/h5-8,10H,3-4,9H2,1-2H3. The van der Waals surface area contributed by atoms with E-state index >= 15 is 0 Å². The fraction of sp³-hybridized carbons (Fsp3) is 0.600. The molecule has 0 amide bonds. The molecule has 1 heteroatoms. The van der Waals surface area contributed by atoms with Crippen molar-refractivity contribution in [1.82, 2.24) is 4.57 Å². The van der Waals surface area contributed by atoms with Crippen LogP contribution in [0.25, 0.3) is 0 Å². The van der Waals surface area contributed by atoms with E-state index in [1.165, 1.54) is 19.4 Å². The minimum Gasteiger partial charge on any atom is -0.354 e. The van der Waals surface area contributed by atoms with Crippen molar-refractivity contribution in [2.75, 3.05) is 0 Å². The maximum Gasteiger partial charge on any atom is 0.0247 e. The van der Waals surface area contributed by atoms with Gasteiger partial charge in [0.05, 0.1) is 0 Å². The normalized spacial score (nSPS) is 10.8. The molecule has 1 aromatic rings. The Morgan fingerprint density at radius 2 is 1.64 bits per heavy atom. The maximum atomic E-state index is 2.26. The molecule has 62 valence electrons. The van der Waals surface area contributed by atoms with E-state index in [-0.39, 0.29) is 0 Å². The summed E-state index contributed by atoms with van der Waals surface area (Å²) >= 11 is 0. The summed E-state index contributed by atoms with van der Waals surface area (Å²) in [5.41, 5.74) is 0. The van der Waals surface area contributed by atoms with E-state index < -0.39 is 0 Å². The third kappa shape index (κ3) is 2.41. The Morgan fingerprint density at radius 3 is 2.09 bits per heavy atom. The molecule has 0 saturated heterocycles. The highest BCUT2D eigenvalue weighted by Crippen LogP contribution is 2.10. The summed E-state index contributed by atoms with van der Waals surface area (Å²) in [4.78, 5) is 0. The van der Waals surface area contributed by atoms with E-state index in [2.05, 4.69) is 42.9 Å². The van der Waals surface area contributed by atoms with Crippen molar-refractivity contribution < 1.29 is 0 Å². The second-order valence-corrected chi connectivity index (χ2v) is 3.06. The van der Waals surface area contributed by atoms with Gasteiger partial charge < -0.3 is 4.57 Å². The SMILES string of the molecule is CCC(CC)Cn1cccc1. The molecule has 0 unspecified atom stereocenters. The molecule has 0 aliphatic carbocycles. The van der Waals surface area contributed by atoms with Crippen LogP contribution in [0.1, 0.15) is 26.7 Å². The zero-order valence-corrected chi connectivity index (χ0v) is 7.46. The van der Waals surface area contributed by atoms with E-state index in [9.17, 15) is 0 Å². The minimum atomic E-state index is 0.849. The highest BCUT2D eigenvalue weighted by Gasteiger charge is 2.02. The fourth-order valence-corrected chi connectivity index (χ4v) is 1.34. The highest BCUT2D eigenvalue weighted by atomic mass is 14.9. The Morgan fingerprint density at radius 1 is 1.09 bits per heavy atom. The first kappa shape index (κ1) is 8.38. The Bertz CT molecular complexity index is 173. The average molecular weight is 151 g/mol. The second-order valence-electron chi connectivity index (χ2n) is 3.06. The van der Waals surface area contributed by atoms with Gasteiger partial charge in [-0.25, -0.2) is 0 Å². The van der Waals surface area contributed by atoms with Gasteiger partial charge in [0.1, 0.15) is 0 Å². The molecule has 0 aromatic carbocycles. The van der Waals surface area contributed by atoms with Crippen LogP contribution in [0.15, 0.2) is 24.5 Å². The van der Waals surface area contributed by atoms with Crippen LogP contribution in [-0.4, -0.2) is 4.57 Å². The lowest BCUT2D eigenvalue weighted by Crippen LogP contribution is -2.06. The number of nitrogens with zero attached hydrogens (tertiary/aromatic N) is 1. The molecular formula is C10H17N. The van der Waals surface area contributed by atoms with Crippen LogP contribution in [-0.2, 0) is 6.54 Å². The Labute approximate surface area is 69.0 Å². The lowest BCUT2D eigenvalue weighted by Gasteiger charge is -2.12. The molecule has 0 N–H and O–H groups in total. The Kier molecular flexibility index (Phi) is 3.21. The summed E-state index contributed by atoms with van der Waals surface area (Å²) in [5, 5.41) is 0. The summed E-state index contributed by atoms with van der Waals surface area (Å²) in [6.45, 7) is 5.70. The average Bonchev–Trinajstić information content (AvgIpc) is 2.52. The molecule has 0 spiro atoms. The molecule has 1 rings (SSSR count). The van der Waals surface area contributed by atoms with Crippen LogP contribution in [0, 0.1) is 5.92 Å². The lowest BCUT2D eigenvalue weighted by molar-refractivity contribution is 0.419. The van der Waals surface area contributed by atoms with E-state index in [0.29, 0.717) is 0 Å². The molecule has 11 heavy (non-hydrogen) atoms. The Balaban J connectivity index is 2.41. The summed E-state index contributed by atoms with van der Waals surface area (Å²) in [6.07, 6.45) is 6.85. The molecule has 0 aliphatic rings. The first-order valence-electron chi connectivity index (χ1n) is 4.47. The molecule has 0 atom stereocenters. The van der Waals surface area contributed by atoms with E-state index in [4.69, 9.17) is 0 Å². The lowest BCUT2D eigenvalue weighted by atomic mass is 10.0. The van der Waals surface area contributed by atoms with Gasteiger partial charge in [0.15, 0.2) is 0 Å². The van der Waals surface area contributed by atoms with Gasteiger partial charge in [-0.3, -0.25) is 0 Å². The predicted octanol–water partition coefficient (Wildman–Crippen LogP) is 2.92. The van der Waals surface area contributed by atoms with Gasteiger partial charge in [-0.05, 0) is 18.1 Å². The zero-order valence-electron chi connectivity index (χ0n) is 7.46. The molecule has 0 saturated carbocycles. The molecule has 0 bridgehead atoms. The molecule has 0 aliphatic heterocycles. The van der Waals surface area contributed by atoms with Crippen LogP contribution in [0.3, 0.4) is 0 Å². The van der Waals surface area contributed by atoms with E-state index in [0.717, 1.165) is 5.92 Å². The van der Waals surface area contributed by atoms with Gasteiger partial charge in [0, 0.05) is 18.9 Å². The van der Waals surface area contributed by atoms with Gasteiger partial charge in [-0.2, -0.15) is 0 Å². The zero-order chi connectivity index (χ0) is 8.10. The van der Waals surface area contributed by atoms with E-state index in [1.807, 2.05) is 0 Å². The van der Waals surface area contributed by atoms with Crippen molar-refractivity contribution in [1.29, 1.82) is 0 Å². The second kappa shape index (κ2) is 4.22. The smallest absolute Gasteiger partial charge is 0.0247 e. The number of aromatic nitrogens is 1. The van der Waals surface area contributed by atoms with Crippen LogP contribution in [0.2, 0.25) is 0 Å². The summed E-state index contributed by atoms with van der Waals surface area (Å²) in [7, 11) is 0. The highest BCUT2D eigenvalue weighted by molar-refractivity contribution is 4.90. The van der Waals surface area contributed by atoms with Gasteiger partial charge >= 0.3 is 0 Å². The topological polar surface area (TPSA) is 4.93 Å². The third-order valence-corrected chi connectivity index (χ3v) is 2.29. The summed E-state index contributed by atoms with van der Waals surface area (Å²) < 4.78 is 2.26. The van der Waals surface area contributed by atoms with Gasteiger partial charge in [0.2, 0.25) is 0 Å². The Hall–Kier alpha value is -0.720. The maximum absolute atomic E-state index is 2.26. The van der Waals surface area contributed by atoms with Crippen molar-refractivity contribution in [3.8, 4) is 0 Å². The van der Waals surface area contributed by atoms with Crippen molar-refractivity contribution in [3.63, 3.8) is 0 Å². The molecule has 1 aromatic heterocycles. The molecule has 1 nitrogen and oxygen atoms in total. The van der Waals surface area contributed by atoms with Crippen LogP contribution in [0.4, 0.5) is 0 Å². The fourth-order valence-electron chi connectivity index (χ4n) is 1.34. The number of rotatable bonds is 4. The largest absolute Gasteiger partial charge is 0.354 e. The molecule has 1 heterocycles. The third-order valence-electron chi connectivity index (χ3n) is 2.29. The molecule has 0 fully saturated rings. The number of hydrogen-bond acceptors (Lipinski definition) is 0.